The van der Waals surface area contributed by atoms with E-state index < -0.39 is 0 Å². The van der Waals surface area contributed by atoms with Crippen LogP contribution < -0.4 is 4.90 Å². The molecule has 0 aliphatic carbocycles. The zero-order chi connectivity index (χ0) is 20.2. The minimum absolute atomic E-state index is 0.0299. The quantitative estimate of drug-likeness (QED) is 0.727. The number of ether oxygens (including phenoxy) is 1. The van der Waals surface area contributed by atoms with Crippen molar-refractivity contribution in [2.75, 3.05) is 32.8 Å². The first-order chi connectivity index (χ1) is 14.1. The molecule has 2 aliphatic heterocycles. The summed E-state index contributed by atoms with van der Waals surface area (Å²) >= 11 is 0. The van der Waals surface area contributed by atoms with Gasteiger partial charge < -0.3 is 19.0 Å². The van der Waals surface area contributed by atoms with Crippen molar-refractivity contribution < 1.29 is 18.8 Å². The number of tetrazole rings is 1. The van der Waals surface area contributed by atoms with Crippen LogP contribution in [0.2, 0.25) is 0 Å². The van der Waals surface area contributed by atoms with E-state index in [0.717, 1.165) is 44.8 Å². The third kappa shape index (κ3) is 4.67. The molecule has 2 saturated heterocycles. The van der Waals surface area contributed by atoms with Crippen LogP contribution in [0.25, 0.3) is 0 Å². The second-order valence-corrected chi connectivity index (χ2v) is 8.46. The predicted octanol–water partition coefficient (Wildman–Crippen LogP) is 0.573. The van der Waals surface area contributed by atoms with Crippen LogP contribution in [-0.2, 0) is 11.3 Å². The molecule has 1 N–H and O–H groups in total. The number of furan rings is 1. The summed E-state index contributed by atoms with van der Waals surface area (Å²) in [6, 6.07) is 3.69. The summed E-state index contributed by atoms with van der Waals surface area (Å²) in [6.07, 6.45) is 4.92. The van der Waals surface area contributed by atoms with E-state index in [1.807, 2.05) is 9.58 Å². The molecule has 0 bridgehead atoms. The molecule has 0 saturated carbocycles. The molecule has 4 heterocycles. The number of hydrogen-bond acceptors (Lipinski definition) is 6. The van der Waals surface area contributed by atoms with Crippen LogP contribution in [0.4, 0.5) is 0 Å². The summed E-state index contributed by atoms with van der Waals surface area (Å²) in [7, 11) is 0. The molecular formula is C20H31N6O3+. The number of quaternary nitrogens is 1. The Labute approximate surface area is 171 Å². The van der Waals surface area contributed by atoms with Gasteiger partial charge >= 0.3 is 0 Å². The van der Waals surface area contributed by atoms with Gasteiger partial charge in [0.2, 0.25) is 5.82 Å². The second-order valence-electron chi connectivity index (χ2n) is 8.46. The Bertz CT molecular complexity index is 776. The fourth-order valence-corrected chi connectivity index (χ4v) is 4.40. The Kier molecular flexibility index (Phi) is 6.25. The number of amides is 1. The van der Waals surface area contributed by atoms with Gasteiger partial charge in [-0.3, -0.25) is 4.79 Å². The normalized spacial score (nSPS) is 21.8. The smallest absolute Gasteiger partial charge is 0.289 e. The molecule has 9 nitrogen and oxygen atoms in total. The van der Waals surface area contributed by atoms with E-state index in [1.165, 1.54) is 4.90 Å². The Morgan fingerprint density at radius 2 is 2.17 bits per heavy atom. The molecular weight excluding hydrogens is 372 g/mol. The van der Waals surface area contributed by atoms with Gasteiger partial charge in [-0.05, 0) is 41.3 Å². The monoisotopic (exact) mass is 403 g/mol. The van der Waals surface area contributed by atoms with Crippen LogP contribution in [0, 0.1) is 5.92 Å². The van der Waals surface area contributed by atoms with Crippen LogP contribution >= 0.6 is 0 Å². The van der Waals surface area contributed by atoms with Gasteiger partial charge in [0.25, 0.3) is 5.91 Å². The third-order valence-electron chi connectivity index (χ3n) is 5.90. The lowest BCUT2D eigenvalue weighted by Gasteiger charge is -2.36. The number of piperazine rings is 1. The first-order valence-electron chi connectivity index (χ1n) is 10.7. The van der Waals surface area contributed by atoms with E-state index >= 15 is 0 Å². The molecule has 9 heteroatoms. The van der Waals surface area contributed by atoms with Gasteiger partial charge in [0.05, 0.1) is 45.1 Å². The van der Waals surface area contributed by atoms with Crippen molar-refractivity contribution >= 4 is 5.91 Å². The molecule has 2 aromatic rings. The van der Waals surface area contributed by atoms with Crippen molar-refractivity contribution in [3.8, 4) is 0 Å². The summed E-state index contributed by atoms with van der Waals surface area (Å²) < 4.78 is 13.0. The minimum Gasteiger partial charge on any atom is -0.459 e. The lowest BCUT2D eigenvalue weighted by atomic mass is 10.0. The van der Waals surface area contributed by atoms with E-state index in [1.54, 1.807) is 18.4 Å². The van der Waals surface area contributed by atoms with E-state index in [4.69, 9.17) is 9.15 Å². The van der Waals surface area contributed by atoms with Crippen LogP contribution in [-0.4, -0.2) is 69.9 Å². The van der Waals surface area contributed by atoms with Crippen LogP contribution in [0.1, 0.15) is 55.5 Å². The van der Waals surface area contributed by atoms with Gasteiger partial charge in [0.15, 0.2) is 5.76 Å². The van der Waals surface area contributed by atoms with Crippen LogP contribution in [0.15, 0.2) is 22.8 Å². The van der Waals surface area contributed by atoms with Crippen molar-refractivity contribution in [1.29, 1.82) is 0 Å². The third-order valence-corrected chi connectivity index (χ3v) is 5.90. The number of carbonyl (C=O) groups excluding carboxylic acids is 1. The van der Waals surface area contributed by atoms with Gasteiger partial charge in [-0.25, -0.2) is 4.68 Å². The molecule has 2 aromatic heterocycles. The summed E-state index contributed by atoms with van der Waals surface area (Å²) in [6.45, 7) is 9.16. The van der Waals surface area contributed by atoms with Crippen molar-refractivity contribution in [1.82, 2.24) is 25.1 Å². The number of nitrogens with one attached hydrogen (secondary N) is 1. The van der Waals surface area contributed by atoms with Crippen LogP contribution in [0.3, 0.4) is 0 Å². The highest BCUT2D eigenvalue weighted by Gasteiger charge is 2.35. The maximum atomic E-state index is 12.6. The second kappa shape index (κ2) is 9.04. The molecule has 1 amide bonds. The number of rotatable bonds is 7. The average Bonchev–Trinajstić information content (AvgIpc) is 3.49. The van der Waals surface area contributed by atoms with E-state index in [2.05, 4.69) is 29.4 Å². The molecule has 2 atom stereocenters. The molecule has 0 radical (unpaired) electrons. The lowest BCUT2D eigenvalue weighted by Crippen LogP contribution is -3.15. The summed E-state index contributed by atoms with van der Waals surface area (Å²) in [5.41, 5.74) is 0. The Morgan fingerprint density at radius 1 is 1.34 bits per heavy atom. The van der Waals surface area contributed by atoms with Gasteiger partial charge in [0, 0.05) is 13.0 Å². The fourth-order valence-electron chi connectivity index (χ4n) is 4.40. The maximum absolute atomic E-state index is 12.6. The van der Waals surface area contributed by atoms with Crippen LogP contribution in [0.5, 0.6) is 0 Å². The molecule has 2 aliphatic rings. The molecule has 158 valence electrons. The lowest BCUT2D eigenvalue weighted by molar-refractivity contribution is -0.937. The van der Waals surface area contributed by atoms with Crippen molar-refractivity contribution in [3.63, 3.8) is 0 Å². The highest BCUT2D eigenvalue weighted by Crippen LogP contribution is 2.19. The summed E-state index contributed by atoms with van der Waals surface area (Å²) in [5.74, 6) is 1.85. The number of hydrogen-bond donors (Lipinski definition) is 1. The number of carbonyl (C=O) groups is 1. The minimum atomic E-state index is -0.0299. The highest BCUT2D eigenvalue weighted by atomic mass is 16.5. The molecule has 29 heavy (non-hydrogen) atoms. The van der Waals surface area contributed by atoms with Gasteiger partial charge in [-0.15, -0.1) is 5.10 Å². The number of nitrogens with zero attached hydrogens (tertiary/aromatic N) is 5. The Hall–Kier alpha value is -2.26. The SMILES string of the molecule is CC(C)C[C@H](c1nnnn1C[C@H]1CCCO1)[NH+]1CCN(C(=O)c2ccco2)CC1. The first-order valence-corrected chi connectivity index (χ1v) is 10.7. The Morgan fingerprint density at radius 3 is 2.83 bits per heavy atom. The van der Waals surface area contributed by atoms with Gasteiger partial charge in [-0.2, -0.15) is 0 Å². The summed E-state index contributed by atoms with van der Waals surface area (Å²) in [4.78, 5) is 15.9. The first kappa shape index (κ1) is 20.0. The van der Waals surface area contributed by atoms with E-state index in [-0.39, 0.29) is 18.1 Å². The molecule has 0 aromatic carbocycles. The Balaban J connectivity index is 1.44. The standard InChI is InChI=1S/C20H30N6O3/c1-15(2)13-17(19-21-22-23-26(19)14-16-5-3-11-28-16)24-7-9-25(10-8-24)20(27)18-6-4-12-29-18/h4,6,12,15-17H,3,5,7-11,13-14H2,1-2H3/p+1/t16-,17-/m1/s1. The molecule has 2 fully saturated rings. The largest absolute Gasteiger partial charge is 0.459 e. The number of aromatic nitrogens is 4. The topological polar surface area (TPSA) is 90.7 Å². The van der Waals surface area contributed by atoms with E-state index in [9.17, 15) is 4.79 Å². The van der Waals surface area contributed by atoms with E-state index in [0.29, 0.717) is 31.3 Å². The fraction of sp³-hybridized carbons (Fsp3) is 0.700. The van der Waals surface area contributed by atoms with Crippen molar-refractivity contribution in [3.05, 3.63) is 30.0 Å². The molecule has 4 rings (SSSR count). The van der Waals surface area contributed by atoms with Crippen molar-refractivity contribution in [2.45, 2.75) is 51.8 Å². The molecule has 0 unspecified atom stereocenters. The van der Waals surface area contributed by atoms with Crippen molar-refractivity contribution in [2.24, 2.45) is 5.92 Å². The molecule has 0 spiro atoms. The van der Waals surface area contributed by atoms with Gasteiger partial charge in [-0.1, -0.05) is 13.8 Å². The maximum Gasteiger partial charge on any atom is 0.289 e. The average molecular weight is 404 g/mol. The van der Waals surface area contributed by atoms with Gasteiger partial charge in [0.1, 0.15) is 6.04 Å². The highest BCUT2D eigenvalue weighted by molar-refractivity contribution is 5.91. The zero-order valence-electron chi connectivity index (χ0n) is 17.3. The predicted molar refractivity (Wildman–Crippen MR) is 104 cm³/mol. The summed E-state index contributed by atoms with van der Waals surface area (Å²) in [5, 5.41) is 12.7. The zero-order valence-corrected chi connectivity index (χ0v) is 17.3.